The summed E-state index contributed by atoms with van der Waals surface area (Å²) in [5.41, 5.74) is 2.79. The van der Waals surface area contributed by atoms with Crippen LogP contribution >= 0.6 is 23.2 Å². The third kappa shape index (κ3) is 7.83. The fourth-order valence-corrected chi connectivity index (χ4v) is 5.12. The van der Waals surface area contributed by atoms with Crippen molar-refractivity contribution in [3.63, 3.8) is 0 Å². The molecule has 2 aliphatic rings. The van der Waals surface area contributed by atoms with Crippen molar-refractivity contribution in [2.45, 2.75) is 12.4 Å². The number of ether oxygens (including phenoxy) is 4. The number of hydrogen-bond acceptors (Lipinski definition) is 6. The molecular weight excluding hydrogens is 563 g/mol. The third-order valence-corrected chi connectivity index (χ3v) is 7.42. The van der Waals surface area contributed by atoms with E-state index in [1.54, 1.807) is 24.3 Å². The van der Waals surface area contributed by atoms with Gasteiger partial charge in [-0.25, -0.2) is 0 Å². The van der Waals surface area contributed by atoms with Crippen LogP contribution in [0.25, 0.3) is 6.08 Å². The van der Waals surface area contributed by atoms with Crippen LogP contribution in [0.5, 0.6) is 11.5 Å². The lowest BCUT2D eigenvalue weighted by molar-refractivity contribution is -0.126. The molecule has 214 valence electrons. The van der Waals surface area contributed by atoms with Gasteiger partial charge in [-0.05, 0) is 60.2 Å². The number of hydrogen-bond donors (Lipinski definition) is 0. The molecule has 2 saturated heterocycles. The summed E-state index contributed by atoms with van der Waals surface area (Å²) in [6.45, 7) is 7.73. The average molecular weight is 596 g/mol. The highest BCUT2D eigenvalue weighted by Crippen LogP contribution is 2.33. The lowest BCUT2D eigenvalue weighted by atomic mass is 10.2. The molecule has 1 amide bonds. The van der Waals surface area contributed by atoms with E-state index in [4.69, 9.17) is 42.1 Å². The topological polar surface area (TPSA) is 60.5 Å². The van der Waals surface area contributed by atoms with E-state index in [0.29, 0.717) is 43.0 Å². The molecule has 0 saturated carbocycles. The highest BCUT2D eigenvalue weighted by Gasteiger charge is 2.29. The van der Waals surface area contributed by atoms with Gasteiger partial charge in [0.2, 0.25) is 5.91 Å². The van der Waals surface area contributed by atoms with Crippen LogP contribution in [-0.2, 0) is 14.3 Å². The van der Waals surface area contributed by atoms with Gasteiger partial charge < -0.3 is 28.7 Å². The monoisotopic (exact) mass is 594 g/mol. The van der Waals surface area contributed by atoms with E-state index >= 15 is 0 Å². The number of nitrogens with zero attached hydrogens (tertiary/aromatic N) is 2. The summed E-state index contributed by atoms with van der Waals surface area (Å²) in [6, 6.07) is 20.8. The standard InChI is InChI=1S/C32H32Cl2N2O5/c1-2-19-38-26-9-3-23(4-10-26)5-14-31(37)36-17-15-35(16-18-36)25-7-11-27(12-8-25)39-21-28-22-40-32(41-28)29-13-6-24(33)20-30(29)34/h2-14,20,28,32H,1,15-19,21-22H2/b14-5+. The molecule has 0 aliphatic carbocycles. The number of piperazine rings is 1. The Morgan fingerprint density at radius 3 is 2.37 bits per heavy atom. The molecule has 7 nitrogen and oxygen atoms in total. The second-order valence-electron chi connectivity index (χ2n) is 9.71. The molecule has 3 aromatic carbocycles. The van der Waals surface area contributed by atoms with Gasteiger partial charge in [-0.3, -0.25) is 4.79 Å². The lowest BCUT2D eigenvalue weighted by Crippen LogP contribution is -2.48. The summed E-state index contributed by atoms with van der Waals surface area (Å²) in [5, 5.41) is 1.08. The molecule has 2 aliphatic heterocycles. The second-order valence-corrected chi connectivity index (χ2v) is 10.6. The van der Waals surface area contributed by atoms with Crippen LogP contribution in [0, 0.1) is 0 Å². The molecular formula is C32H32Cl2N2O5. The molecule has 2 atom stereocenters. The fraction of sp³-hybridized carbons (Fsp3) is 0.281. The number of halogens is 2. The van der Waals surface area contributed by atoms with Gasteiger partial charge in [0, 0.05) is 48.5 Å². The van der Waals surface area contributed by atoms with Crippen LogP contribution in [0.1, 0.15) is 17.4 Å². The first kappa shape index (κ1) is 29.0. The van der Waals surface area contributed by atoms with Crippen molar-refractivity contribution in [3.8, 4) is 11.5 Å². The Morgan fingerprint density at radius 1 is 0.951 bits per heavy atom. The van der Waals surface area contributed by atoms with Gasteiger partial charge in [-0.15, -0.1) is 0 Å². The minimum Gasteiger partial charge on any atom is -0.491 e. The van der Waals surface area contributed by atoms with E-state index in [9.17, 15) is 4.79 Å². The number of benzene rings is 3. The summed E-state index contributed by atoms with van der Waals surface area (Å²) < 4.78 is 23.2. The molecule has 9 heteroatoms. The maximum Gasteiger partial charge on any atom is 0.246 e. The minimum atomic E-state index is -0.536. The molecule has 0 N–H and O–H groups in total. The van der Waals surface area contributed by atoms with Gasteiger partial charge in [0.15, 0.2) is 6.29 Å². The Labute approximate surface area is 250 Å². The number of carbonyl (C=O) groups excluding carboxylic acids is 1. The van der Waals surface area contributed by atoms with Crippen molar-refractivity contribution in [2.24, 2.45) is 0 Å². The highest BCUT2D eigenvalue weighted by atomic mass is 35.5. The number of carbonyl (C=O) groups is 1. The molecule has 5 rings (SSSR count). The molecule has 0 radical (unpaired) electrons. The Balaban J connectivity index is 1.05. The quantitative estimate of drug-likeness (QED) is 0.199. The molecule has 0 bridgehead atoms. The Kier molecular flexibility index (Phi) is 9.85. The first-order chi connectivity index (χ1) is 20.0. The van der Waals surface area contributed by atoms with Gasteiger partial charge in [-0.2, -0.15) is 0 Å². The fourth-order valence-electron chi connectivity index (χ4n) is 4.62. The van der Waals surface area contributed by atoms with Crippen LogP contribution in [0.4, 0.5) is 5.69 Å². The van der Waals surface area contributed by atoms with Gasteiger partial charge in [0.05, 0.1) is 11.6 Å². The molecule has 0 aromatic heterocycles. The van der Waals surface area contributed by atoms with Crippen LogP contribution in [0.2, 0.25) is 10.0 Å². The van der Waals surface area contributed by atoms with Gasteiger partial charge >= 0.3 is 0 Å². The lowest BCUT2D eigenvalue weighted by Gasteiger charge is -2.35. The Morgan fingerprint density at radius 2 is 1.66 bits per heavy atom. The third-order valence-electron chi connectivity index (χ3n) is 6.86. The van der Waals surface area contributed by atoms with Gasteiger partial charge in [0.25, 0.3) is 0 Å². The van der Waals surface area contributed by atoms with E-state index in [1.807, 2.05) is 65.6 Å². The van der Waals surface area contributed by atoms with E-state index in [-0.39, 0.29) is 12.0 Å². The van der Waals surface area contributed by atoms with E-state index < -0.39 is 6.29 Å². The second kappa shape index (κ2) is 13.9. The zero-order valence-electron chi connectivity index (χ0n) is 22.6. The van der Waals surface area contributed by atoms with Crippen molar-refractivity contribution in [2.75, 3.05) is 50.9 Å². The smallest absolute Gasteiger partial charge is 0.246 e. The first-order valence-electron chi connectivity index (χ1n) is 13.5. The van der Waals surface area contributed by atoms with Crippen molar-refractivity contribution < 1.29 is 23.7 Å². The van der Waals surface area contributed by atoms with Gasteiger partial charge in [-0.1, -0.05) is 54.1 Å². The predicted molar refractivity (Wildman–Crippen MR) is 162 cm³/mol. The summed E-state index contributed by atoms with van der Waals surface area (Å²) in [5.74, 6) is 1.54. The summed E-state index contributed by atoms with van der Waals surface area (Å²) in [4.78, 5) is 16.9. The van der Waals surface area contributed by atoms with Crippen molar-refractivity contribution in [3.05, 3.63) is 107 Å². The first-order valence-corrected chi connectivity index (χ1v) is 14.2. The van der Waals surface area contributed by atoms with Crippen molar-refractivity contribution >= 4 is 40.9 Å². The van der Waals surface area contributed by atoms with E-state index in [0.717, 1.165) is 41.4 Å². The normalized spacial score (nSPS) is 19.0. The van der Waals surface area contributed by atoms with Crippen LogP contribution in [0.3, 0.4) is 0 Å². The Bertz CT molecular complexity index is 1360. The number of rotatable bonds is 10. The zero-order chi connectivity index (χ0) is 28.6. The summed E-state index contributed by atoms with van der Waals surface area (Å²) in [7, 11) is 0. The van der Waals surface area contributed by atoms with Crippen LogP contribution < -0.4 is 14.4 Å². The Hall–Kier alpha value is -3.49. The van der Waals surface area contributed by atoms with Crippen LogP contribution in [0.15, 0.2) is 85.5 Å². The molecule has 2 unspecified atom stereocenters. The summed E-state index contributed by atoms with van der Waals surface area (Å²) >= 11 is 12.3. The highest BCUT2D eigenvalue weighted by molar-refractivity contribution is 6.35. The predicted octanol–water partition coefficient (Wildman–Crippen LogP) is 6.41. The zero-order valence-corrected chi connectivity index (χ0v) is 24.1. The largest absolute Gasteiger partial charge is 0.491 e. The van der Waals surface area contributed by atoms with Gasteiger partial charge in [0.1, 0.15) is 30.8 Å². The SMILES string of the molecule is C=CCOc1ccc(/C=C/C(=O)N2CCN(c3ccc(OCC4COC(c5ccc(Cl)cc5Cl)O4)cc3)CC2)cc1. The molecule has 2 fully saturated rings. The number of amides is 1. The van der Waals surface area contributed by atoms with E-state index in [2.05, 4.69) is 11.5 Å². The van der Waals surface area contributed by atoms with Crippen molar-refractivity contribution in [1.82, 2.24) is 4.90 Å². The molecule has 0 spiro atoms. The molecule has 2 heterocycles. The van der Waals surface area contributed by atoms with E-state index in [1.165, 1.54) is 0 Å². The van der Waals surface area contributed by atoms with Crippen LogP contribution in [-0.4, -0.2) is 62.9 Å². The maximum absolute atomic E-state index is 12.7. The minimum absolute atomic E-state index is 0.0130. The van der Waals surface area contributed by atoms with Crippen molar-refractivity contribution in [1.29, 1.82) is 0 Å². The molecule has 41 heavy (non-hydrogen) atoms. The number of anilines is 1. The average Bonchev–Trinajstić information content (AvgIpc) is 3.47. The molecule has 3 aromatic rings. The maximum atomic E-state index is 12.7. The summed E-state index contributed by atoms with van der Waals surface area (Å²) in [6.07, 6.45) is 4.43.